The summed E-state index contributed by atoms with van der Waals surface area (Å²) in [5.41, 5.74) is -0.688. The third-order valence-electron chi connectivity index (χ3n) is 10.6. The first-order valence-corrected chi connectivity index (χ1v) is 15.8. The lowest BCUT2D eigenvalue weighted by Gasteiger charge is -2.40. The molecular weight excluding hydrogens is 597 g/mol. The highest BCUT2D eigenvalue weighted by Gasteiger charge is 2.50. The van der Waals surface area contributed by atoms with Gasteiger partial charge in [0.1, 0.15) is 53.4 Å². The second-order valence-corrected chi connectivity index (χ2v) is 13.2. The van der Waals surface area contributed by atoms with Crippen molar-refractivity contribution in [1.82, 2.24) is 25.2 Å². The van der Waals surface area contributed by atoms with Gasteiger partial charge in [0.15, 0.2) is 5.82 Å². The van der Waals surface area contributed by atoms with Crippen LogP contribution in [-0.4, -0.2) is 87.6 Å². The van der Waals surface area contributed by atoms with E-state index in [1.54, 1.807) is 0 Å². The average molecular weight is 629 g/mol. The van der Waals surface area contributed by atoms with E-state index in [4.69, 9.17) is 20.9 Å². The van der Waals surface area contributed by atoms with Crippen LogP contribution in [0.15, 0.2) is 24.3 Å². The Kier molecular flexibility index (Phi) is 6.12. The maximum atomic E-state index is 17.0. The van der Waals surface area contributed by atoms with E-state index >= 15 is 4.39 Å². The molecule has 2 aromatic heterocycles. The topological polar surface area (TPSA) is 95.9 Å². The molecule has 12 heteroatoms. The zero-order chi connectivity index (χ0) is 31.3. The van der Waals surface area contributed by atoms with Crippen LogP contribution in [0.3, 0.4) is 0 Å². The molecular formula is C34H31F3N6O3. The largest absolute Gasteiger partial charge is 0.508 e. The van der Waals surface area contributed by atoms with Gasteiger partial charge in [0, 0.05) is 42.5 Å². The van der Waals surface area contributed by atoms with Crippen LogP contribution in [0.1, 0.15) is 37.7 Å². The number of rotatable bonds is 4. The molecule has 0 amide bonds. The minimum Gasteiger partial charge on any atom is -0.508 e. The predicted molar refractivity (Wildman–Crippen MR) is 165 cm³/mol. The summed E-state index contributed by atoms with van der Waals surface area (Å²) < 4.78 is 59.1. The van der Waals surface area contributed by atoms with Crippen LogP contribution in [0, 0.1) is 24.0 Å². The number of piperazine rings is 1. The third kappa shape index (κ3) is 4.07. The maximum absolute atomic E-state index is 17.0. The average Bonchev–Trinajstić information content (AvgIpc) is 3.68. The van der Waals surface area contributed by atoms with Crippen LogP contribution in [-0.2, 0) is 0 Å². The number of hydrogen-bond donors (Lipinski definition) is 2. The first-order chi connectivity index (χ1) is 22.3. The smallest absolute Gasteiger partial charge is 0.319 e. The van der Waals surface area contributed by atoms with Gasteiger partial charge in [-0.1, -0.05) is 12.0 Å². The van der Waals surface area contributed by atoms with Crippen molar-refractivity contribution in [2.75, 3.05) is 37.7 Å². The molecule has 2 aromatic carbocycles. The van der Waals surface area contributed by atoms with Crippen molar-refractivity contribution in [2.24, 2.45) is 0 Å². The molecule has 5 atom stereocenters. The van der Waals surface area contributed by atoms with Crippen LogP contribution in [0.4, 0.5) is 19.0 Å². The molecule has 2 N–H and O–H groups in total. The van der Waals surface area contributed by atoms with Crippen molar-refractivity contribution in [3.05, 3.63) is 41.5 Å². The molecule has 0 saturated carbocycles. The number of ether oxygens (including phenoxy) is 2. The fourth-order valence-electron chi connectivity index (χ4n) is 8.56. The quantitative estimate of drug-likeness (QED) is 0.318. The molecule has 4 saturated heterocycles. The number of phenols is 1. The number of hydrogen-bond acceptors (Lipinski definition) is 9. The third-order valence-corrected chi connectivity index (χ3v) is 10.6. The normalized spacial score (nSPS) is 28.2. The van der Waals surface area contributed by atoms with Gasteiger partial charge in [-0.05, 0) is 55.8 Å². The lowest BCUT2D eigenvalue weighted by atomic mass is 9.95. The van der Waals surface area contributed by atoms with E-state index in [1.807, 2.05) is 0 Å². The van der Waals surface area contributed by atoms with Gasteiger partial charge in [0.25, 0.3) is 0 Å². The molecule has 236 valence electrons. The second kappa shape index (κ2) is 10.1. The van der Waals surface area contributed by atoms with Gasteiger partial charge in [0.05, 0.1) is 17.1 Å². The Balaban J connectivity index is 1.25. The number of benzene rings is 2. The van der Waals surface area contributed by atoms with Crippen LogP contribution >= 0.6 is 0 Å². The number of nitrogens with zero attached hydrogens (tertiary/aromatic N) is 5. The van der Waals surface area contributed by atoms with Gasteiger partial charge in [-0.25, -0.2) is 18.2 Å². The van der Waals surface area contributed by atoms with Crippen molar-refractivity contribution in [2.45, 2.75) is 61.9 Å². The molecule has 7 heterocycles. The molecule has 0 radical (unpaired) electrons. The Morgan fingerprint density at radius 2 is 2.04 bits per heavy atom. The molecule has 4 aromatic rings. The number of aromatic nitrogens is 3. The zero-order valence-electron chi connectivity index (χ0n) is 24.9. The number of pyridine rings is 1. The van der Waals surface area contributed by atoms with Gasteiger partial charge in [0.2, 0.25) is 5.88 Å². The summed E-state index contributed by atoms with van der Waals surface area (Å²) in [5.74, 6) is 1.35. The fraction of sp³-hybridized carbons (Fsp3) is 0.441. The van der Waals surface area contributed by atoms with Crippen LogP contribution < -0.4 is 19.7 Å². The maximum Gasteiger partial charge on any atom is 0.319 e. The van der Waals surface area contributed by atoms with E-state index in [-0.39, 0.29) is 76.7 Å². The van der Waals surface area contributed by atoms with E-state index in [9.17, 15) is 13.9 Å². The fourth-order valence-corrected chi connectivity index (χ4v) is 8.56. The summed E-state index contributed by atoms with van der Waals surface area (Å²) in [6, 6.07) is 5.72. The number of terminal acetylenes is 1. The van der Waals surface area contributed by atoms with Crippen molar-refractivity contribution >= 4 is 27.5 Å². The Morgan fingerprint density at radius 1 is 1.15 bits per heavy atom. The summed E-state index contributed by atoms with van der Waals surface area (Å²) in [6.07, 6.45) is 8.89. The van der Waals surface area contributed by atoms with Crippen molar-refractivity contribution < 1.29 is 27.8 Å². The Hall–Kier alpha value is -4.34. The first-order valence-electron chi connectivity index (χ1n) is 15.8. The van der Waals surface area contributed by atoms with Crippen molar-refractivity contribution in [1.29, 1.82) is 0 Å². The second-order valence-electron chi connectivity index (χ2n) is 13.2. The lowest BCUT2D eigenvalue weighted by Crippen LogP contribution is -2.60. The van der Waals surface area contributed by atoms with Gasteiger partial charge in [-0.3, -0.25) is 4.90 Å². The summed E-state index contributed by atoms with van der Waals surface area (Å²) in [6.45, 7) is 2.27. The highest BCUT2D eigenvalue weighted by atomic mass is 19.1. The Labute approximate surface area is 262 Å². The van der Waals surface area contributed by atoms with Crippen LogP contribution in [0.25, 0.3) is 32.9 Å². The molecule has 5 aliphatic rings. The summed E-state index contributed by atoms with van der Waals surface area (Å²) in [5, 5.41) is 15.3. The minimum absolute atomic E-state index is 0.0179. The SMILES string of the molecule is C#Cc1c(F)ccc2cc(O)cc(-c3nc4c5c(nc(OC[C@]67CCCN6C[C@H](F)C7)nc5c3F)N3C[C@@H]5CC[C@@H](N5)[C@@H]3CO4)c12. The summed E-state index contributed by atoms with van der Waals surface area (Å²) in [4.78, 5) is 18.4. The molecule has 0 aliphatic carbocycles. The van der Waals surface area contributed by atoms with Gasteiger partial charge < -0.3 is 24.8 Å². The number of halogens is 3. The number of alkyl halides is 1. The molecule has 9 rings (SSSR count). The van der Waals surface area contributed by atoms with E-state index < -0.39 is 23.3 Å². The van der Waals surface area contributed by atoms with Crippen molar-refractivity contribution in [3.63, 3.8) is 0 Å². The monoisotopic (exact) mass is 628 g/mol. The molecule has 9 nitrogen and oxygen atoms in total. The van der Waals surface area contributed by atoms with E-state index in [1.165, 1.54) is 24.3 Å². The zero-order valence-corrected chi connectivity index (χ0v) is 24.9. The number of anilines is 1. The van der Waals surface area contributed by atoms with Gasteiger partial charge in [-0.2, -0.15) is 9.97 Å². The summed E-state index contributed by atoms with van der Waals surface area (Å²) in [7, 11) is 0. The highest BCUT2D eigenvalue weighted by molar-refractivity contribution is 6.04. The Bertz CT molecular complexity index is 1990. The molecule has 2 bridgehead atoms. The number of aromatic hydroxyl groups is 1. The molecule has 5 aliphatic heterocycles. The summed E-state index contributed by atoms with van der Waals surface area (Å²) >= 11 is 0. The van der Waals surface area contributed by atoms with Gasteiger partial charge >= 0.3 is 6.01 Å². The predicted octanol–water partition coefficient (Wildman–Crippen LogP) is 4.47. The van der Waals surface area contributed by atoms with Crippen LogP contribution in [0.2, 0.25) is 0 Å². The number of nitrogens with one attached hydrogen (secondary N) is 1. The minimum atomic E-state index is -0.927. The molecule has 46 heavy (non-hydrogen) atoms. The Morgan fingerprint density at radius 3 is 2.91 bits per heavy atom. The number of fused-ring (bicyclic) bond motifs is 7. The molecule has 0 unspecified atom stereocenters. The number of phenolic OH excluding ortho intramolecular Hbond substituents is 1. The van der Waals surface area contributed by atoms with E-state index in [0.717, 1.165) is 32.2 Å². The van der Waals surface area contributed by atoms with Gasteiger partial charge in [-0.15, -0.1) is 6.42 Å². The first kappa shape index (κ1) is 27.9. The standard InChI is InChI=1S/C34H31F3N6O3/c1-2-21-23(36)6-4-17-10-20(44)11-22(26(17)21)29-28(37)30-27-31(43-14-19-5-7-24(38-19)25(43)15-45-32(27)39-29)41-33(40-30)46-16-34-8-3-9-42(34)13-18(35)12-34/h1,4,6,10-11,18-19,24-25,38,44H,3,5,7-9,12-16H2/t18-,19+,24-,25+,34-/m1/s1. The highest BCUT2D eigenvalue weighted by Crippen LogP contribution is 2.45. The van der Waals surface area contributed by atoms with Crippen molar-refractivity contribution in [3.8, 4) is 41.2 Å². The van der Waals surface area contributed by atoms with E-state index in [2.05, 4.69) is 31.0 Å². The van der Waals surface area contributed by atoms with Crippen LogP contribution in [0.5, 0.6) is 17.6 Å². The lowest BCUT2D eigenvalue weighted by molar-refractivity contribution is 0.107. The van der Waals surface area contributed by atoms with E-state index in [0.29, 0.717) is 36.1 Å². The molecule has 0 spiro atoms. The molecule has 4 fully saturated rings.